The Kier molecular flexibility index (Phi) is 4.47. The maximum atomic E-state index is 13.1. The summed E-state index contributed by atoms with van der Waals surface area (Å²) in [6, 6.07) is 10.5. The Morgan fingerprint density at radius 2 is 2.16 bits per heavy atom. The number of hydrogen-bond donors (Lipinski definition) is 1. The van der Waals surface area contributed by atoms with Gasteiger partial charge in [0.25, 0.3) is 0 Å². The Hall–Kier alpha value is -1.94. The van der Waals surface area contributed by atoms with Gasteiger partial charge in [-0.25, -0.2) is 9.37 Å². The van der Waals surface area contributed by atoms with Crippen molar-refractivity contribution in [1.82, 2.24) is 10.3 Å². The zero-order valence-corrected chi connectivity index (χ0v) is 11.1. The van der Waals surface area contributed by atoms with E-state index in [2.05, 4.69) is 10.3 Å². The summed E-state index contributed by atoms with van der Waals surface area (Å²) < 4.78 is 18.1. The van der Waals surface area contributed by atoms with Gasteiger partial charge < -0.3 is 10.1 Å². The molecule has 1 atom stereocenters. The summed E-state index contributed by atoms with van der Waals surface area (Å²) in [5.74, 6) is 0.388. The van der Waals surface area contributed by atoms with Crippen LogP contribution in [-0.4, -0.2) is 12.1 Å². The smallest absolute Gasteiger partial charge is 0.212 e. The first-order valence-electron chi connectivity index (χ1n) is 6.17. The fourth-order valence-electron chi connectivity index (χ4n) is 1.80. The highest BCUT2D eigenvalue weighted by Gasteiger charge is 2.05. The average Bonchev–Trinajstić information content (AvgIpc) is 2.45. The number of aromatic nitrogens is 1. The second-order valence-electron chi connectivity index (χ2n) is 4.37. The highest BCUT2D eigenvalue weighted by atomic mass is 19.1. The summed E-state index contributed by atoms with van der Waals surface area (Å²) in [6.45, 7) is 2.68. The number of halogens is 1. The third-order valence-electron chi connectivity index (χ3n) is 2.97. The third kappa shape index (κ3) is 3.76. The number of methoxy groups -OCH3 is 1. The molecule has 0 amide bonds. The lowest BCUT2D eigenvalue weighted by Crippen LogP contribution is -2.18. The summed E-state index contributed by atoms with van der Waals surface area (Å²) in [7, 11) is 1.59. The van der Waals surface area contributed by atoms with Crippen LogP contribution >= 0.6 is 0 Å². The van der Waals surface area contributed by atoms with Gasteiger partial charge in [0, 0.05) is 24.8 Å². The Balaban J connectivity index is 1.94. The van der Waals surface area contributed by atoms with Gasteiger partial charge in [-0.05, 0) is 30.2 Å². The molecule has 2 aromatic rings. The van der Waals surface area contributed by atoms with Crippen LogP contribution in [-0.2, 0) is 6.54 Å². The first-order valence-corrected chi connectivity index (χ1v) is 6.17. The van der Waals surface area contributed by atoms with Gasteiger partial charge in [0.05, 0.1) is 7.11 Å². The Morgan fingerprint density at radius 3 is 2.79 bits per heavy atom. The first kappa shape index (κ1) is 13.5. The number of hydrogen-bond acceptors (Lipinski definition) is 3. The Morgan fingerprint density at radius 1 is 1.32 bits per heavy atom. The van der Waals surface area contributed by atoms with E-state index < -0.39 is 0 Å². The predicted octanol–water partition coefficient (Wildman–Crippen LogP) is 3.08. The minimum atomic E-state index is -0.211. The molecule has 3 nitrogen and oxygen atoms in total. The van der Waals surface area contributed by atoms with Gasteiger partial charge in [-0.15, -0.1) is 0 Å². The molecular formula is C15H17FN2O. The van der Waals surface area contributed by atoms with E-state index in [0.717, 1.165) is 11.1 Å². The van der Waals surface area contributed by atoms with Crippen molar-refractivity contribution in [2.75, 3.05) is 7.11 Å². The van der Waals surface area contributed by atoms with Gasteiger partial charge in [-0.2, -0.15) is 0 Å². The molecule has 0 spiro atoms. The minimum absolute atomic E-state index is 0.0813. The number of rotatable bonds is 5. The van der Waals surface area contributed by atoms with Crippen LogP contribution in [0.25, 0.3) is 0 Å². The summed E-state index contributed by atoms with van der Waals surface area (Å²) >= 11 is 0. The molecule has 1 N–H and O–H groups in total. The lowest BCUT2D eigenvalue weighted by atomic mass is 10.1. The van der Waals surface area contributed by atoms with Crippen LogP contribution in [0.2, 0.25) is 0 Å². The van der Waals surface area contributed by atoms with E-state index in [-0.39, 0.29) is 11.9 Å². The molecule has 2 rings (SSSR count). The molecule has 4 heteroatoms. The molecule has 1 aromatic carbocycles. The molecule has 0 saturated carbocycles. The van der Waals surface area contributed by atoms with Crippen LogP contribution in [0.1, 0.15) is 24.1 Å². The SMILES string of the molecule is COc1ccc(CNC(C)c2cccc(F)c2)cn1. The molecule has 1 unspecified atom stereocenters. The van der Waals surface area contributed by atoms with Crippen molar-refractivity contribution >= 4 is 0 Å². The molecule has 0 saturated heterocycles. The van der Waals surface area contributed by atoms with E-state index in [1.165, 1.54) is 6.07 Å². The molecule has 0 aliphatic heterocycles. The molecule has 0 bridgehead atoms. The molecular weight excluding hydrogens is 243 g/mol. The van der Waals surface area contributed by atoms with Crippen LogP contribution in [0.5, 0.6) is 5.88 Å². The van der Waals surface area contributed by atoms with Gasteiger partial charge in [0.15, 0.2) is 0 Å². The number of nitrogens with zero attached hydrogens (tertiary/aromatic N) is 1. The van der Waals surface area contributed by atoms with Crippen molar-refractivity contribution in [1.29, 1.82) is 0 Å². The van der Waals surface area contributed by atoms with Crippen LogP contribution < -0.4 is 10.1 Å². The highest BCUT2D eigenvalue weighted by molar-refractivity contribution is 5.21. The van der Waals surface area contributed by atoms with Crippen molar-refractivity contribution in [2.24, 2.45) is 0 Å². The summed E-state index contributed by atoms with van der Waals surface area (Å²) in [6.07, 6.45) is 1.77. The van der Waals surface area contributed by atoms with Crippen LogP contribution in [0, 0.1) is 5.82 Å². The predicted molar refractivity (Wildman–Crippen MR) is 72.4 cm³/mol. The lowest BCUT2D eigenvalue weighted by molar-refractivity contribution is 0.397. The molecule has 0 aliphatic carbocycles. The van der Waals surface area contributed by atoms with Gasteiger partial charge in [0.2, 0.25) is 5.88 Å². The number of ether oxygens (including phenoxy) is 1. The summed E-state index contributed by atoms with van der Waals surface area (Å²) in [5.41, 5.74) is 1.99. The van der Waals surface area contributed by atoms with Crippen molar-refractivity contribution in [2.45, 2.75) is 19.5 Å². The fraction of sp³-hybridized carbons (Fsp3) is 0.267. The second-order valence-corrected chi connectivity index (χ2v) is 4.37. The quantitative estimate of drug-likeness (QED) is 0.897. The van der Waals surface area contributed by atoms with Crippen LogP contribution in [0.4, 0.5) is 4.39 Å². The fourth-order valence-corrected chi connectivity index (χ4v) is 1.80. The van der Waals surface area contributed by atoms with Gasteiger partial charge in [-0.3, -0.25) is 0 Å². The van der Waals surface area contributed by atoms with E-state index in [0.29, 0.717) is 12.4 Å². The lowest BCUT2D eigenvalue weighted by Gasteiger charge is -2.14. The zero-order chi connectivity index (χ0) is 13.7. The van der Waals surface area contributed by atoms with Gasteiger partial charge in [-0.1, -0.05) is 18.2 Å². The largest absolute Gasteiger partial charge is 0.481 e. The number of benzene rings is 1. The molecule has 1 aromatic heterocycles. The van der Waals surface area contributed by atoms with Crippen molar-refractivity contribution in [3.05, 3.63) is 59.5 Å². The van der Waals surface area contributed by atoms with E-state index in [1.807, 2.05) is 25.1 Å². The summed E-state index contributed by atoms with van der Waals surface area (Å²) in [4.78, 5) is 4.14. The Bertz CT molecular complexity index is 528. The molecule has 0 fully saturated rings. The second kappa shape index (κ2) is 6.29. The van der Waals surface area contributed by atoms with E-state index in [4.69, 9.17) is 4.74 Å². The van der Waals surface area contributed by atoms with E-state index in [1.54, 1.807) is 25.4 Å². The standard InChI is InChI=1S/C15H17FN2O/c1-11(13-4-3-5-14(16)8-13)17-9-12-6-7-15(19-2)18-10-12/h3-8,10-11,17H,9H2,1-2H3. The topological polar surface area (TPSA) is 34.1 Å². The van der Waals surface area contributed by atoms with E-state index in [9.17, 15) is 4.39 Å². The van der Waals surface area contributed by atoms with Gasteiger partial charge in [0.1, 0.15) is 5.82 Å². The normalized spacial score (nSPS) is 12.2. The highest BCUT2D eigenvalue weighted by Crippen LogP contribution is 2.14. The van der Waals surface area contributed by atoms with Crippen molar-refractivity contribution in [3.63, 3.8) is 0 Å². The molecule has 19 heavy (non-hydrogen) atoms. The maximum absolute atomic E-state index is 13.1. The van der Waals surface area contributed by atoms with Gasteiger partial charge >= 0.3 is 0 Å². The average molecular weight is 260 g/mol. The zero-order valence-electron chi connectivity index (χ0n) is 11.1. The van der Waals surface area contributed by atoms with Crippen molar-refractivity contribution < 1.29 is 9.13 Å². The number of pyridine rings is 1. The molecule has 1 heterocycles. The molecule has 0 radical (unpaired) electrons. The minimum Gasteiger partial charge on any atom is -0.481 e. The van der Waals surface area contributed by atoms with Crippen LogP contribution in [0.3, 0.4) is 0 Å². The van der Waals surface area contributed by atoms with E-state index >= 15 is 0 Å². The summed E-state index contributed by atoms with van der Waals surface area (Å²) in [5, 5.41) is 3.33. The molecule has 0 aliphatic rings. The monoisotopic (exact) mass is 260 g/mol. The van der Waals surface area contributed by atoms with Crippen LogP contribution in [0.15, 0.2) is 42.6 Å². The Labute approximate surface area is 112 Å². The maximum Gasteiger partial charge on any atom is 0.212 e. The number of nitrogens with one attached hydrogen (secondary N) is 1. The van der Waals surface area contributed by atoms with Crippen molar-refractivity contribution in [3.8, 4) is 5.88 Å². The first-order chi connectivity index (χ1) is 9.19. The third-order valence-corrected chi connectivity index (χ3v) is 2.97. The molecule has 100 valence electrons.